The number of nitrogens with zero attached hydrogens (tertiary/aromatic N) is 4. The monoisotopic (exact) mass is 279 g/mol. The largest absolute Gasteiger partial charge is 0.409 e. The molecule has 8 nitrogen and oxygen atoms in total. The molecule has 2 rings (SSSR count). The van der Waals surface area contributed by atoms with E-state index in [1.807, 2.05) is 4.90 Å². The number of hydrogen-bond donors (Lipinski definition) is 2. The molecule has 2 atom stereocenters. The van der Waals surface area contributed by atoms with Crippen molar-refractivity contribution in [2.75, 3.05) is 18.0 Å². The number of amidine groups is 1. The lowest BCUT2D eigenvalue weighted by Gasteiger charge is -2.17. The number of oxime groups is 1. The van der Waals surface area contributed by atoms with Gasteiger partial charge < -0.3 is 15.8 Å². The number of nitrogens with two attached hydrogens (primary N) is 1. The summed E-state index contributed by atoms with van der Waals surface area (Å²) < 4.78 is 0. The second-order valence-corrected chi connectivity index (χ2v) is 5.14. The van der Waals surface area contributed by atoms with E-state index in [-0.39, 0.29) is 17.2 Å². The van der Waals surface area contributed by atoms with Crippen LogP contribution in [0.25, 0.3) is 0 Å². The zero-order chi connectivity index (χ0) is 14.9. The van der Waals surface area contributed by atoms with E-state index in [9.17, 15) is 10.1 Å². The summed E-state index contributed by atoms with van der Waals surface area (Å²) in [7, 11) is 0. The molecule has 0 aromatic carbocycles. The Morgan fingerprint density at radius 2 is 2.10 bits per heavy atom. The Hall–Kier alpha value is -2.38. The van der Waals surface area contributed by atoms with Crippen LogP contribution in [0.1, 0.15) is 19.5 Å². The minimum absolute atomic E-state index is 0.109. The van der Waals surface area contributed by atoms with Crippen molar-refractivity contribution in [2.24, 2.45) is 22.7 Å². The summed E-state index contributed by atoms with van der Waals surface area (Å²) in [5.41, 5.74) is 5.09. The molecule has 0 spiro atoms. The highest BCUT2D eigenvalue weighted by atomic mass is 16.6. The molecular formula is C12H17N5O3. The number of anilines is 1. The molecule has 1 saturated heterocycles. The third kappa shape index (κ3) is 2.49. The second kappa shape index (κ2) is 5.32. The van der Waals surface area contributed by atoms with Crippen LogP contribution in [0.5, 0.6) is 0 Å². The zero-order valence-corrected chi connectivity index (χ0v) is 11.4. The molecule has 0 saturated carbocycles. The summed E-state index contributed by atoms with van der Waals surface area (Å²) in [6, 6.07) is 2.93. The molecule has 1 aromatic rings. The normalized spacial score (nSPS) is 23.1. The molecule has 20 heavy (non-hydrogen) atoms. The first-order valence-corrected chi connectivity index (χ1v) is 6.32. The van der Waals surface area contributed by atoms with Gasteiger partial charge in [-0.1, -0.05) is 19.0 Å². The van der Waals surface area contributed by atoms with Crippen LogP contribution in [0, 0.1) is 22.0 Å². The second-order valence-electron chi connectivity index (χ2n) is 5.14. The van der Waals surface area contributed by atoms with Gasteiger partial charge in [0.25, 0.3) is 5.69 Å². The quantitative estimate of drug-likeness (QED) is 0.282. The number of aromatic nitrogens is 1. The van der Waals surface area contributed by atoms with Gasteiger partial charge in [-0.25, -0.2) is 4.98 Å². The van der Waals surface area contributed by atoms with E-state index < -0.39 is 4.92 Å². The minimum atomic E-state index is -0.598. The predicted molar refractivity (Wildman–Crippen MR) is 73.9 cm³/mol. The van der Waals surface area contributed by atoms with Gasteiger partial charge in [-0.15, -0.1) is 0 Å². The molecule has 1 fully saturated rings. The minimum Gasteiger partial charge on any atom is -0.409 e. The Kier molecular flexibility index (Phi) is 3.73. The molecule has 8 heteroatoms. The highest BCUT2D eigenvalue weighted by molar-refractivity contribution is 5.99. The number of nitro groups is 1. The molecule has 0 amide bonds. The van der Waals surface area contributed by atoms with Gasteiger partial charge in [-0.2, -0.15) is 0 Å². The molecular weight excluding hydrogens is 262 g/mol. The van der Waals surface area contributed by atoms with E-state index in [1.165, 1.54) is 6.07 Å². The van der Waals surface area contributed by atoms with Crippen LogP contribution < -0.4 is 10.6 Å². The van der Waals surface area contributed by atoms with E-state index in [2.05, 4.69) is 24.0 Å². The highest BCUT2D eigenvalue weighted by Gasteiger charge is 2.28. The molecule has 108 valence electrons. The molecule has 2 heterocycles. The molecule has 1 aliphatic heterocycles. The summed E-state index contributed by atoms with van der Waals surface area (Å²) in [5.74, 6) is 1.30. The maximum absolute atomic E-state index is 10.9. The molecule has 3 N–H and O–H groups in total. The average Bonchev–Trinajstić information content (AvgIpc) is 2.77. The smallest absolute Gasteiger partial charge is 0.298 e. The fourth-order valence-corrected chi connectivity index (χ4v) is 2.32. The van der Waals surface area contributed by atoms with Crippen molar-refractivity contribution in [3.8, 4) is 0 Å². The van der Waals surface area contributed by atoms with Gasteiger partial charge in [0, 0.05) is 19.2 Å². The standard InChI is InChI=1S/C12H17N5O3/c1-7-5-16(6-8(7)2)10-4-3-9(17(19)20)11(14-10)12(13)15-18/h3-4,7-8,18H,5-6H2,1-2H3,(H2,13,15). The molecule has 0 bridgehead atoms. The average molecular weight is 279 g/mol. The first kappa shape index (κ1) is 14.0. The zero-order valence-electron chi connectivity index (χ0n) is 11.4. The molecule has 0 radical (unpaired) electrons. The van der Waals surface area contributed by atoms with E-state index in [1.54, 1.807) is 6.07 Å². The summed E-state index contributed by atoms with van der Waals surface area (Å²) in [5, 5.41) is 22.5. The Bertz CT molecular complexity index is 550. The summed E-state index contributed by atoms with van der Waals surface area (Å²) in [6.07, 6.45) is 0. The highest BCUT2D eigenvalue weighted by Crippen LogP contribution is 2.28. The van der Waals surface area contributed by atoms with Crippen molar-refractivity contribution in [1.29, 1.82) is 0 Å². The van der Waals surface area contributed by atoms with Gasteiger partial charge in [0.05, 0.1) is 4.92 Å². The van der Waals surface area contributed by atoms with Gasteiger partial charge in [0.2, 0.25) is 0 Å². The lowest BCUT2D eigenvalue weighted by molar-refractivity contribution is -0.385. The van der Waals surface area contributed by atoms with Crippen molar-refractivity contribution in [3.05, 3.63) is 27.9 Å². The van der Waals surface area contributed by atoms with Crippen LogP contribution in [0.2, 0.25) is 0 Å². The number of rotatable bonds is 3. The van der Waals surface area contributed by atoms with E-state index in [0.29, 0.717) is 17.7 Å². The number of pyridine rings is 1. The van der Waals surface area contributed by atoms with E-state index in [0.717, 1.165) is 13.1 Å². The summed E-state index contributed by atoms with van der Waals surface area (Å²) in [6.45, 7) is 5.98. The van der Waals surface area contributed by atoms with Crippen LogP contribution in [0.15, 0.2) is 17.3 Å². The lowest BCUT2D eigenvalue weighted by Crippen LogP contribution is -2.24. The van der Waals surface area contributed by atoms with Crippen LogP contribution >= 0.6 is 0 Å². The Morgan fingerprint density at radius 1 is 1.50 bits per heavy atom. The fraction of sp³-hybridized carbons (Fsp3) is 0.500. The van der Waals surface area contributed by atoms with E-state index in [4.69, 9.17) is 10.9 Å². The van der Waals surface area contributed by atoms with Crippen LogP contribution in [0.3, 0.4) is 0 Å². The van der Waals surface area contributed by atoms with Crippen molar-refractivity contribution >= 4 is 17.3 Å². The maximum Gasteiger partial charge on any atom is 0.298 e. The Morgan fingerprint density at radius 3 is 2.60 bits per heavy atom. The first-order valence-electron chi connectivity index (χ1n) is 6.32. The number of hydrogen-bond acceptors (Lipinski definition) is 6. The summed E-state index contributed by atoms with van der Waals surface area (Å²) in [4.78, 5) is 16.6. The topological polar surface area (TPSA) is 118 Å². The van der Waals surface area contributed by atoms with Crippen LogP contribution in [-0.4, -0.2) is 34.0 Å². The third-order valence-electron chi connectivity index (χ3n) is 3.72. The Balaban J connectivity index is 2.40. The van der Waals surface area contributed by atoms with Crippen LogP contribution in [-0.2, 0) is 0 Å². The maximum atomic E-state index is 10.9. The summed E-state index contributed by atoms with van der Waals surface area (Å²) >= 11 is 0. The van der Waals surface area contributed by atoms with Gasteiger partial charge in [0.15, 0.2) is 11.5 Å². The molecule has 0 aliphatic carbocycles. The SMILES string of the molecule is CC1CN(c2ccc([N+](=O)[O-])c(/C(N)=N/O)n2)CC1C. The van der Waals surface area contributed by atoms with E-state index >= 15 is 0 Å². The van der Waals surface area contributed by atoms with Crippen molar-refractivity contribution in [2.45, 2.75) is 13.8 Å². The predicted octanol–water partition coefficient (Wildman–Crippen LogP) is 1.18. The van der Waals surface area contributed by atoms with Gasteiger partial charge >= 0.3 is 0 Å². The molecule has 2 unspecified atom stereocenters. The first-order chi connectivity index (χ1) is 9.43. The Labute approximate surface area is 116 Å². The van der Waals surface area contributed by atoms with Crippen molar-refractivity contribution < 1.29 is 10.1 Å². The van der Waals surface area contributed by atoms with Crippen LogP contribution in [0.4, 0.5) is 11.5 Å². The molecule has 1 aromatic heterocycles. The fourth-order valence-electron chi connectivity index (χ4n) is 2.32. The van der Waals surface area contributed by atoms with Gasteiger partial charge in [-0.05, 0) is 17.9 Å². The van der Waals surface area contributed by atoms with Crippen molar-refractivity contribution in [3.63, 3.8) is 0 Å². The van der Waals surface area contributed by atoms with Crippen molar-refractivity contribution in [1.82, 2.24) is 4.98 Å². The molecule has 1 aliphatic rings. The van der Waals surface area contributed by atoms with Gasteiger partial charge in [0.1, 0.15) is 5.82 Å². The third-order valence-corrected chi connectivity index (χ3v) is 3.72. The van der Waals surface area contributed by atoms with Gasteiger partial charge in [-0.3, -0.25) is 10.1 Å². The lowest BCUT2D eigenvalue weighted by atomic mass is 10.0.